The molecule has 34 heavy (non-hydrogen) atoms. The average Bonchev–Trinajstić information content (AvgIpc) is 3.30. The first kappa shape index (κ1) is 23.9. The Kier molecular flexibility index (Phi) is 7.57. The van der Waals surface area contributed by atoms with E-state index in [4.69, 9.17) is 9.47 Å². The molecule has 7 nitrogen and oxygen atoms in total. The highest BCUT2D eigenvalue weighted by atomic mass is 19.1. The maximum Gasteiger partial charge on any atom is 0.309 e. The number of piperidine rings is 1. The van der Waals surface area contributed by atoms with E-state index >= 15 is 0 Å². The fraction of sp³-hybridized carbons (Fsp3) is 0.423. The molecule has 1 fully saturated rings. The summed E-state index contributed by atoms with van der Waals surface area (Å²) in [6.07, 6.45) is 1.73. The quantitative estimate of drug-likeness (QED) is 0.580. The van der Waals surface area contributed by atoms with Gasteiger partial charge in [0.1, 0.15) is 11.6 Å². The second kappa shape index (κ2) is 10.8. The number of esters is 1. The molecule has 0 N–H and O–H groups in total. The second-order valence-corrected chi connectivity index (χ2v) is 8.56. The number of carbonyl (C=O) groups excluding carboxylic acids is 2. The summed E-state index contributed by atoms with van der Waals surface area (Å²) in [5.74, 6) is -0.101. The molecule has 2 heterocycles. The number of hydrazone groups is 1. The lowest BCUT2D eigenvalue weighted by Crippen LogP contribution is -2.43. The van der Waals surface area contributed by atoms with Crippen LogP contribution in [0.4, 0.5) is 4.39 Å². The van der Waals surface area contributed by atoms with Gasteiger partial charge in [-0.3, -0.25) is 14.5 Å². The molecule has 4 rings (SSSR count). The van der Waals surface area contributed by atoms with Gasteiger partial charge in [-0.15, -0.1) is 0 Å². The average molecular weight is 468 g/mol. The van der Waals surface area contributed by atoms with Crippen molar-refractivity contribution in [1.82, 2.24) is 9.91 Å². The Morgan fingerprint density at radius 3 is 2.44 bits per heavy atom. The van der Waals surface area contributed by atoms with Crippen molar-refractivity contribution in [3.05, 3.63) is 65.5 Å². The number of halogens is 1. The summed E-state index contributed by atoms with van der Waals surface area (Å²) >= 11 is 0. The number of ether oxygens (including phenoxy) is 2. The zero-order chi connectivity index (χ0) is 24.1. The van der Waals surface area contributed by atoms with E-state index in [1.165, 1.54) is 11.1 Å². The van der Waals surface area contributed by atoms with E-state index in [9.17, 15) is 14.0 Å². The van der Waals surface area contributed by atoms with Crippen molar-refractivity contribution in [2.45, 2.75) is 32.2 Å². The van der Waals surface area contributed by atoms with Gasteiger partial charge >= 0.3 is 5.97 Å². The summed E-state index contributed by atoms with van der Waals surface area (Å²) in [6, 6.07) is 13.5. The normalized spacial score (nSPS) is 19.1. The topological polar surface area (TPSA) is 71.4 Å². The summed E-state index contributed by atoms with van der Waals surface area (Å²) in [6.45, 7) is 3.59. The van der Waals surface area contributed by atoms with Gasteiger partial charge in [-0.2, -0.15) is 5.10 Å². The standard InChI is InChI=1S/C26H30FN3O4/c1-3-34-26(32)19-12-14-29(15-13-19)17-25(31)30-24(21-6-4-5-7-22(21)27)16-23(28-30)18-8-10-20(33-2)11-9-18/h4-11,19,24H,3,12-17H2,1-2H3/t24-/m1/s1. The third kappa shape index (κ3) is 5.28. The molecule has 1 amide bonds. The molecule has 0 saturated carbocycles. The molecule has 2 aliphatic rings. The van der Waals surface area contributed by atoms with Crippen molar-refractivity contribution in [3.8, 4) is 5.75 Å². The van der Waals surface area contributed by atoms with Crippen LogP contribution in [0.1, 0.15) is 43.4 Å². The van der Waals surface area contributed by atoms with Gasteiger partial charge in [-0.05, 0) is 68.8 Å². The third-order valence-electron chi connectivity index (χ3n) is 6.42. The molecule has 0 aromatic heterocycles. The smallest absolute Gasteiger partial charge is 0.309 e. The minimum Gasteiger partial charge on any atom is -0.497 e. The van der Waals surface area contributed by atoms with Gasteiger partial charge in [0.2, 0.25) is 0 Å². The van der Waals surface area contributed by atoms with Gasteiger partial charge in [0, 0.05) is 12.0 Å². The van der Waals surface area contributed by atoms with Crippen LogP contribution < -0.4 is 4.74 Å². The number of carbonyl (C=O) groups is 2. The van der Waals surface area contributed by atoms with Gasteiger partial charge in [-0.1, -0.05) is 18.2 Å². The Morgan fingerprint density at radius 2 is 1.79 bits per heavy atom. The van der Waals surface area contributed by atoms with Crippen LogP contribution >= 0.6 is 0 Å². The number of rotatable bonds is 7. The van der Waals surface area contributed by atoms with Crippen LogP contribution in [-0.2, 0) is 14.3 Å². The van der Waals surface area contributed by atoms with E-state index in [-0.39, 0.29) is 30.2 Å². The van der Waals surface area contributed by atoms with Crippen LogP contribution in [-0.4, -0.2) is 60.8 Å². The molecule has 8 heteroatoms. The van der Waals surface area contributed by atoms with Crippen LogP contribution in [0.5, 0.6) is 5.75 Å². The number of methoxy groups -OCH3 is 1. The van der Waals surface area contributed by atoms with Crippen LogP contribution in [0.25, 0.3) is 0 Å². The summed E-state index contributed by atoms with van der Waals surface area (Å²) in [5, 5.41) is 6.06. The summed E-state index contributed by atoms with van der Waals surface area (Å²) in [5.41, 5.74) is 2.04. The van der Waals surface area contributed by atoms with E-state index in [2.05, 4.69) is 5.10 Å². The Balaban J connectivity index is 1.50. The predicted octanol–water partition coefficient (Wildman–Crippen LogP) is 3.79. The highest BCUT2D eigenvalue weighted by molar-refractivity contribution is 6.03. The van der Waals surface area contributed by atoms with E-state index in [0.717, 1.165) is 17.0 Å². The molecule has 0 spiro atoms. The number of likely N-dealkylation sites (tertiary alicyclic amines) is 1. The van der Waals surface area contributed by atoms with E-state index < -0.39 is 6.04 Å². The summed E-state index contributed by atoms with van der Waals surface area (Å²) in [7, 11) is 1.60. The van der Waals surface area contributed by atoms with Crippen molar-refractivity contribution in [2.75, 3.05) is 33.4 Å². The SMILES string of the molecule is CCOC(=O)C1CCN(CC(=O)N2N=C(c3ccc(OC)cc3)C[C@@H]2c2ccccc2F)CC1. The van der Waals surface area contributed by atoms with Crippen LogP contribution in [0.3, 0.4) is 0 Å². The molecule has 0 bridgehead atoms. The molecule has 0 unspecified atom stereocenters. The Hall–Kier alpha value is -3.26. The van der Waals surface area contributed by atoms with Crippen molar-refractivity contribution < 1.29 is 23.5 Å². The monoisotopic (exact) mass is 467 g/mol. The van der Waals surface area contributed by atoms with E-state index in [1.54, 1.807) is 32.2 Å². The first-order valence-electron chi connectivity index (χ1n) is 11.7. The first-order valence-corrected chi connectivity index (χ1v) is 11.7. The lowest BCUT2D eigenvalue weighted by molar-refractivity contribution is -0.149. The van der Waals surface area contributed by atoms with E-state index in [1.807, 2.05) is 29.2 Å². The molecular formula is C26H30FN3O4. The molecule has 2 aliphatic heterocycles. The molecule has 180 valence electrons. The first-order chi connectivity index (χ1) is 16.5. The molecular weight excluding hydrogens is 437 g/mol. The number of nitrogens with zero attached hydrogens (tertiary/aromatic N) is 3. The van der Waals surface area contributed by atoms with Crippen LogP contribution in [0.15, 0.2) is 53.6 Å². The van der Waals surface area contributed by atoms with E-state index in [0.29, 0.717) is 44.5 Å². The van der Waals surface area contributed by atoms with Gasteiger partial charge in [-0.25, -0.2) is 9.40 Å². The number of benzene rings is 2. The van der Waals surface area contributed by atoms with Crippen LogP contribution in [0, 0.1) is 11.7 Å². The van der Waals surface area contributed by atoms with Gasteiger partial charge in [0.15, 0.2) is 0 Å². The minimum atomic E-state index is -0.511. The van der Waals surface area contributed by atoms with Crippen LogP contribution in [0.2, 0.25) is 0 Å². The lowest BCUT2D eigenvalue weighted by Gasteiger charge is -2.32. The van der Waals surface area contributed by atoms with Crippen molar-refractivity contribution >= 4 is 17.6 Å². The van der Waals surface area contributed by atoms with Gasteiger partial charge in [0.25, 0.3) is 5.91 Å². The van der Waals surface area contributed by atoms with Crippen molar-refractivity contribution in [1.29, 1.82) is 0 Å². The minimum absolute atomic E-state index is 0.121. The maximum absolute atomic E-state index is 14.7. The molecule has 1 saturated heterocycles. The van der Waals surface area contributed by atoms with Gasteiger partial charge < -0.3 is 9.47 Å². The fourth-order valence-corrected chi connectivity index (χ4v) is 4.54. The van der Waals surface area contributed by atoms with Crippen molar-refractivity contribution in [3.63, 3.8) is 0 Å². The largest absolute Gasteiger partial charge is 0.497 e. The Bertz CT molecular complexity index is 1050. The lowest BCUT2D eigenvalue weighted by atomic mass is 9.96. The highest BCUT2D eigenvalue weighted by Gasteiger charge is 2.36. The molecule has 2 aromatic rings. The van der Waals surface area contributed by atoms with Crippen molar-refractivity contribution in [2.24, 2.45) is 11.0 Å². The molecule has 0 radical (unpaired) electrons. The maximum atomic E-state index is 14.7. The van der Waals surface area contributed by atoms with Gasteiger partial charge in [0.05, 0.1) is 37.9 Å². The summed E-state index contributed by atoms with van der Waals surface area (Å²) < 4.78 is 25.0. The molecule has 0 aliphatic carbocycles. The molecule has 1 atom stereocenters. The highest BCUT2D eigenvalue weighted by Crippen LogP contribution is 2.34. The number of hydrogen-bond acceptors (Lipinski definition) is 6. The Labute approximate surface area is 199 Å². The number of amides is 1. The predicted molar refractivity (Wildman–Crippen MR) is 126 cm³/mol. The third-order valence-corrected chi connectivity index (χ3v) is 6.42. The molecule has 2 aromatic carbocycles. The Morgan fingerprint density at radius 1 is 1.09 bits per heavy atom. The zero-order valence-electron chi connectivity index (χ0n) is 19.6. The summed E-state index contributed by atoms with van der Waals surface area (Å²) in [4.78, 5) is 27.4. The zero-order valence-corrected chi connectivity index (χ0v) is 19.6. The second-order valence-electron chi connectivity index (χ2n) is 8.56. The fourth-order valence-electron chi connectivity index (χ4n) is 4.54. The number of hydrogen-bond donors (Lipinski definition) is 0.